The monoisotopic (exact) mass is 1800 g/mol. The molecule has 0 nitrogen and oxygen atoms in total. The molecule has 10 aromatic heterocycles. The van der Waals surface area contributed by atoms with E-state index in [1.807, 2.05) is 113 Å². The van der Waals surface area contributed by atoms with Crippen molar-refractivity contribution >= 4 is 299 Å². The molecule has 16 rings (SSSR count). The standard InChI is InChI=1S/C36H20Br4S4.C32H16Br4S6/c1-17-3-7-19(8-4-17)21-11-13-23-25(15-21)41-31(27(23)37)33-29(39)35-36(43-33)30(40)34(44-35)32-28(38)24-14-12-22(16-26(24)42-32)20-9-5-18(2)6-10-20;1-13-3-7-15(8-4-13)17-11-19-25(37-17)21(33)27(39-19)29-23(35)31-32(41-29)24(36)30(42-31)28-22(34)26-20(40-28)12-18(38-26)16-9-5-14(2)6-10-16/h3-16H,1-2H3;3-12H,1-2H3. The first-order chi connectivity index (χ1) is 41.5. The largest absolute Gasteiger partial charge is 0.133 e. The summed E-state index contributed by atoms with van der Waals surface area (Å²) in [5.41, 5.74) is 12.7. The van der Waals surface area contributed by atoms with E-state index in [1.54, 1.807) is 0 Å². The second-order valence-electron chi connectivity index (χ2n) is 20.8. The van der Waals surface area contributed by atoms with E-state index in [9.17, 15) is 0 Å². The fourth-order valence-corrected chi connectivity index (χ4v) is 31.9. The molecule has 0 spiro atoms. The minimum atomic E-state index is 1.16. The summed E-state index contributed by atoms with van der Waals surface area (Å²) in [5.74, 6) is 0. The van der Waals surface area contributed by atoms with E-state index < -0.39 is 0 Å². The third kappa shape index (κ3) is 10.6. The second kappa shape index (κ2) is 24.0. The van der Waals surface area contributed by atoms with Crippen LogP contribution in [0, 0.1) is 27.7 Å². The van der Waals surface area contributed by atoms with Crippen LogP contribution in [0.1, 0.15) is 22.3 Å². The third-order valence-electron chi connectivity index (χ3n) is 15.0. The Morgan fingerprint density at radius 3 is 0.756 bits per heavy atom. The highest BCUT2D eigenvalue weighted by Gasteiger charge is 2.29. The van der Waals surface area contributed by atoms with Gasteiger partial charge in [-0.25, -0.2) is 0 Å². The van der Waals surface area contributed by atoms with E-state index in [2.05, 4.69) is 301 Å². The lowest BCUT2D eigenvalue weighted by atomic mass is 10.0. The van der Waals surface area contributed by atoms with E-state index in [4.69, 9.17) is 0 Å². The van der Waals surface area contributed by atoms with Crippen molar-refractivity contribution in [3.8, 4) is 82.2 Å². The van der Waals surface area contributed by atoms with Gasteiger partial charge in [0.25, 0.3) is 0 Å². The Morgan fingerprint density at radius 2 is 0.453 bits per heavy atom. The van der Waals surface area contributed by atoms with Crippen LogP contribution in [0.3, 0.4) is 0 Å². The SMILES string of the molecule is Cc1ccc(-c2cc3sc(-c4sc5c(Br)c(-c6sc7cc(-c8ccc(C)cc8)sc7c6Br)sc5c4Br)c(Br)c3s2)cc1.Cc1ccc(-c2ccc3c(Br)c(-c4sc5c(Br)c(-c6sc7cc(-c8ccc(C)cc8)ccc7c6Br)sc5c4Br)sc3c2)cc1. The molecular formula is C68H36Br8S10. The molecule has 0 saturated heterocycles. The number of benzene rings is 6. The van der Waals surface area contributed by atoms with Crippen molar-refractivity contribution in [2.45, 2.75) is 27.7 Å². The van der Waals surface area contributed by atoms with Gasteiger partial charge in [0.05, 0.1) is 94.1 Å². The molecule has 0 radical (unpaired) electrons. The number of hydrogen-bond acceptors (Lipinski definition) is 10. The van der Waals surface area contributed by atoms with Gasteiger partial charge in [-0.2, -0.15) is 0 Å². The van der Waals surface area contributed by atoms with Gasteiger partial charge in [-0.05, 0) is 213 Å². The molecule has 0 bridgehead atoms. The Hall–Kier alpha value is -2.28. The van der Waals surface area contributed by atoms with E-state index in [-0.39, 0.29) is 0 Å². The smallest absolute Gasteiger partial charge is 0.0618 e. The van der Waals surface area contributed by atoms with Crippen LogP contribution in [-0.4, -0.2) is 0 Å². The summed E-state index contributed by atoms with van der Waals surface area (Å²) < 4.78 is 22.4. The van der Waals surface area contributed by atoms with Crippen LogP contribution in [0.5, 0.6) is 0 Å². The van der Waals surface area contributed by atoms with E-state index >= 15 is 0 Å². The summed E-state index contributed by atoms with van der Waals surface area (Å²) in [6.07, 6.45) is 0. The van der Waals surface area contributed by atoms with Gasteiger partial charge < -0.3 is 0 Å². The van der Waals surface area contributed by atoms with Crippen molar-refractivity contribution in [2.75, 3.05) is 0 Å². The Bertz CT molecular complexity index is 5020. The van der Waals surface area contributed by atoms with Crippen molar-refractivity contribution in [1.29, 1.82) is 0 Å². The van der Waals surface area contributed by atoms with Crippen LogP contribution in [0.25, 0.3) is 140 Å². The number of hydrogen-bond donors (Lipinski definition) is 0. The molecule has 18 heteroatoms. The lowest BCUT2D eigenvalue weighted by Gasteiger charge is -2.02. The molecule has 0 saturated carbocycles. The van der Waals surface area contributed by atoms with Crippen LogP contribution in [0.4, 0.5) is 0 Å². The number of halogens is 8. The summed E-state index contributed by atoms with van der Waals surface area (Å²) in [7, 11) is 0. The summed E-state index contributed by atoms with van der Waals surface area (Å²) in [5, 5.41) is 2.51. The molecule has 0 atom stereocenters. The van der Waals surface area contributed by atoms with Crippen molar-refractivity contribution < 1.29 is 0 Å². The maximum atomic E-state index is 4.03. The van der Waals surface area contributed by atoms with Crippen molar-refractivity contribution in [3.05, 3.63) is 204 Å². The Morgan fingerprint density at radius 1 is 0.209 bits per heavy atom. The molecule has 0 aliphatic rings. The van der Waals surface area contributed by atoms with Crippen LogP contribution < -0.4 is 0 Å². The molecule has 0 aliphatic heterocycles. The van der Waals surface area contributed by atoms with E-state index in [0.717, 1.165) is 8.95 Å². The average Bonchev–Trinajstić information content (AvgIpc) is 1.97. The number of rotatable bonds is 8. The minimum absolute atomic E-state index is 1.16. The maximum absolute atomic E-state index is 4.03. The van der Waals surface area contributed by atoms with Gasteiger partial charge in [0.1, 0.15) is 0 Å². The molecule has 86 heavy (non-hydrogen) atoms. The molecule has 0 fully saturated rings. The average molecular weight is 1810 g/mol. The van der Waals surface area contributed by atoms with Gasteiger partial charge in [-0.1, -0.05) is 144 Å². The highest BCUT2D eigenvalue weighted by Crippen LogP contribution is 2.61. The fraction of sp³-hybridized carbons (Fsp3) is 0.0588. The van der Waals surface area contributed by atoms with Crippen LogP contribution in [0.15, 0.2) is 181 Å². The summed E-state index contributed by atoms with van der Waals surface area (Å²) >= 11 is 50.6. The van der Waals surface area contributed by atoms with Gasteiger partial charge in [0.2, 0.25) is 0 Å². The molecular weight excluding hydrogens is 1780 g/mol. The van der Waals surface area contributed by atoms with Crippen LogP contribution >= 0.6 is 241 Å². The second-order valence-corrected chi connectivity index (χ2v) is 37.5. The first kappa shape index (κ1) is 60.0. The zero-order valence-electron chi connectivity index (χ0n) is 45.0. The molecule has 16 aromatic rings. The number of thiophene rings is 10. The normalized spacial score (nSPS) is 12.0. The Balaban J connectivity index is 0.000000145. The van der Waals surface area contributed by atoms with Gasteiger partial charge in [-0.3, -0.25) is 0 Å². The Labute approximate surface area is 603 Å². The van der Waals surface area contributed by atoms with Gasteiger partial charge in [-0.15, -0.1) is 113 Å². The highest BCUT2D eigenvalue weighted by atomic mass is 79.9. The summed E-state index contributed by atoms with van der Waals surface area (Å²) in [6, 6.07) is 53.4. The van der Waals surface area contributed by atoms with Gasteiger partial charge in [0.15, 0.2) is 0 Å². The van der Waals surface area contributed by atoms with E-state index in [0.29, 0.717) is 0 Å². The lowest BCUT2D eigenvalue weighted by Crippen LogP contribution is -1.78. The molecule has 0 aliphatic carbocycles. The molecule has 0 amide bonds. The molecule has 10 heterocycles. The van der Waals surface area contributed by atoms with Gasteiger partial charge >= 0.3 is 0 Å². The fourth-order valence-electron chi connectivity index (χ4n) is 10.4. The van der Waals surface area contributed by atoms with Crippen LogP contribution in [-0.2, 0) is 0 Å². The third-order valence-corrected chi connectivity index (χ3v) is 38.0. The Kier molecular flexibility index (Phi) is 16.7. The number of fused-ring (bicyclic) bond motifs is 6. The molecule has 0 N–H and O–H groups in total. The summed E-state index contributed by atoms with van der Waals surface area (Å²) in [6.45, 7) is 8.53. The predicted molar refractivity (Wildman–Crippen MR) is 421 cm³/mol. The van der Waals surface area contributed by atoms with Crippen molar-refractivity contribution in [1.82, 2.24) is 0 Å². The van der Waals surface area contributed by atoms with E-state index in [1.165, 1.54) is 189 Å². The van der Waals surface area contributed by atoms with Gasteiger partial charge in [0, 0.05) is 48.3 Å². The quantitative estimate of drug-likeness (QED) is 0.142. The molecule has 424 valence electrons. The van der Waals surface area contributed by atoms with Crippen molar-refractivity contribution in [2.24, 2.45) is 0 Å². The lowest BCUT2D eigenvalue weighted by molar-refractivity contribution is 1.47. The summed E-state index contributed by atoms with van der Waals surface area (Å²) in [4.78, 5) is 12.9. The number of aryl methyl sites for hydroxylation is 4. The van der Waals surface area contributed by atoms with Crippen LogP contribution in [0.2, 0.25) is 0 Å². The molecule has 6 aromatic carbocycles. The first-order valence-corrected chi connectivity index (χ1v) is 41.0. The molecule has 0 unspecified atom stereocenters. The topological polar surface area (TPSA) is 0 Å². The van der Waals surface area contributed by atoms with Crippen molar-refractivity contribution in [3.63, 3.8) is 0 Å². The zero-order chi connectivity index (χ0) is 59.1. The maximum Gasteiger partial charge on any atom is 0.0618 e. The minimum Gasteiger partial charge on any atom is -0.133 e. The zero-order valence-corrected chi connectivity index (χ0v) is 65.8. The first-order valence-electron chi connectivity index (χ1n) is 26.5. The highest BCUT2D eigenvalue weighted by molar-refractivity contribution is 9.12. The predicted octanol–water partition coefficient (Wildman–Crippen LogP) is 31.6.